The van der Waals surface area contributed by atoms with Crippen LogP contribution in [-0.4, -0.2) is 46.1 Å². The molecule has 0 aliphatic carbocycles. The Kier molecular flexibility index (Phi) is 3.73. The molecule has 1 fully saturated rings. The highest BCUT2D eigenvalue weighted by Gasteiger charge is 2.33. The van der Waals surface area contributed by atoms with Crippen LogP contribution < -0.4 is 11.1 Å². The van der Waals surface area contributed by atoms with Gasteiger partial charge in [0.1, 0.15) is 6.04 Å². The van der Waals surface area contributed by atoms with Gasteiger partial charge in [0.15, 0.2) is 5.69 Å². The topological polar surface area (TPSA) is 93.2 Å². The first-order valence-corrected chi connectivity index (χ1v) is 6.36. The molecular weight excluding hydrogens is 246 g/mol. The Balaban J connectivity index is 2.25. The van der Waals surface area contributed by atoms with Gasteiger partial charge in [-0.05, 0) is 19.3 Å². The van der Waals surface area contributed by atoms with Crippen molar-refractivity contribution in [3.05, 3.63) is 11.9 Å². The summed E-state index contributed by atoms with van der Waals surface area (Å²) in [5.74, 6) is -0.408. The van der Waals surface area contributed by atoms with E-state index in [1.807, 2.05) is 0 Å². The molecule has 1 aliphatic rings. The molecule has 3 N–H and O–H groups in total. The standard InChI is InChI=1S/C12H19N5O2/c1-14-11(18)9-5-3-4-6-17(9)12(19)10-8(13)7-16(2)15-10/h7,9H,3-6,13H2,1-2H3,(H,14,18). The van der Waals surface area contributed by atoms with E-state index >= 15 is 0 Å². The summed E-state index contributed by atoms with van der Waals surface area (Å²) in [5, 5.41) is 6.67. The lowest BCUT2D eigenvalue weighted by molar-refractivity contribution is -0.126. The monoisotopic (exact) mass is 265 g/mol. The van der Waals surface area contributed by atoms with Crippen molar-refractivity contribution in [2.45, 2.75) is 25.3 Å². The van der Waals surface area contributed by atoms with Crippen LogP contribution in [-0.2, 0) is 11.8 Å². The lowest BCUT2D eigenvalue weighted by Crippen LogP contribution is -2.51. The predicted octanol–water partition coefficient (Wildman–Crippen LogP) is -0.257. The van der Waals surface area contributed by atoms with Crippen LogP contribution in [0.15, 0.2) is 6.20 Å². The molecule has 19 heavy (non-hydrogen) atoms. The van der Waals surface area contributed by atoms with Crippen molar-refractivity contribution in [3.63, 3.8) is 0 Å². The van der Waals surface area contributed by atoms with Crippen molar-refractivity contribution in [1.29, 1.82) is 0 Å². The number of piperidine rings is 1. The van der Waals surface area contributed by atoms with Crippen molar-refractivity contribution >= 4 is 17.5 Å². The zero-order chi connectivity index (χ0) is 14.0. The average molecular weight is 265 g/mol. The van der Waals surface area contributed by atoms with E-state index < -0.39 is 6.04 Å². The first kappa shape index (κ1) is 13.4. The fraction of sp³-hybridized carbons (Fsp3) is 0.583. The molecule has 1 atom stereocenters. The first-order chi connectivity index (χ1) is 9.04. The van der Waals surface area contributed by atoms with Gasteiger partial charge in [0.25, 0.3) is 5.91 Å². The van der Waals surface area contributed by atoms with Crippen LogP contribution >= 0.6 is 0 Å². The van der Waals surface area contributed by atoms with Crippen LogP contribution in [0.2, 0.25) is 0 Å². The number of aryl methyl sites for hydroxylation is 1. The molecule has 1 unspecified atom stereocenters. The molecule has 0 bridgehead atoms. The van der Waals surface area contributed by atoms with E-state index in [2.05, 4.69) is 10.4 Å². The van der Waals surface area contributed by atoms with E-state index in [0.29, 0.717) is 18.7 Å². The fourth-order valence-electron chi connectivity index (χ4n) is 2.42. The smallest absolute Gasteiger partial charge is 0.277 e. The van der Waals surface area contributed by atoms with Gasteiger partial charge in [-0.3, -0.25) is 14.3 Å². The Morgan fingerprint density at radius 1 is 1.47 bits per heavy atom. The molecule has 2 amide bonds. The molecular formula is C12H19N5O2. The maximum absolute atomic E-state index is 12.5. The third-order valence-corrected chi connectivity index (χ3v) is 3.37. The van der Waals surface area contributed by atoms with Gasteiger partial charge in [-0.15, -0.1) is 0 Å². The van der Waals surface area contributed by atoms with Gasteiger partial charge in [-0.25, -0.2) is 0 Å². The van der Waals surface area contributed by atoms with Crippen LogP contribution in [0.1, 0.15) is 29.8 Å². The third-order valence-electron chi connectivity index (χ3n) is 3.37. The molecule has 1 aliphatic heterocycles. The van der Waals surface area contributed by atoms with Gasteiger partial charge < -0.3 is 16.0 Å². The lowest BCUT2D eigenvalue weighted by Gasteiger charge is -2.34. The summed E-state index contributed by atoms with van der Waals surface area (Å²) >= 11 is 0. The quantitative estimate of drug-likeness (QED) is 0.770. The largest absolute Gasteiger partial charge is 0.396 e. The summed E-state index contributed by atoms with van der Waals surface area (Å²) < 4.78 is 1.50. The summed E-state index contributed by atoms with van der Waals surface area (Å²) in [7, 11) is 3.29. The second kappa shape index (κ2) is 5.29. The Morgan fingerprint density at radius 3 is 2.79 bits per heavy atom. The number of nitrogen functional groups attached to an aromatic ring is 1. The minimum absolute atomic E-state index is 0.137. The Labute approximate surface area is 111 Å². The van der Waals surface area contributed by atoms with Crippen LogP contribution in [0.5, 0.6) is 0 Å². The number of carbonyl (C=O) groups is 2. The molecule has 0 saturated carbocycles. The molecule has 7 heteroatoms. The fourth-order valence-corrected chi connectivity index (χ4v) is 2.42. The van der Waals surface area contributed by atoms with Gasteiger partial charge in [-0.1, -0.05) is 0 Å². The molecule has 0 radical (unpaired) electrons. The number of nitrogens with two attached hydrogens (primary N) is 1. The number of hydrogen-bond donors (Lipinski definition) is 2. The predicted molar refractivity (Wildman–Crippen MR) is 70.4 cm³/mol. The molecule has 1 aromatic heterocycles. The van der Waals surface area contributed by atoms with Gasteiger partial charge >= 0.3 is 0 Å². The summed E-state index contributed by atoms with van der Waals surface area (Å²) in [6.07, 6.45) is 4.11. The molecule has 2 rings (SSSR count). The SMILES string of the molecule is CNC(=O)C1CCCCN1C(=O)c1nn(C)cc1N. The number of aromatic nitrogens is 2. The number of nitrogens with zero attached hydrogens (tertiary/aromatic N) is 3. The number of likely N-dealkylation sites (tertiary alicyclic amines) is 1. The van der Waals surface area contributed by atoms with E-state index in [0.717, 1.165) is 12.8 Å². The van der Waals surface area contributed by atoms with E-state index in [1.165, 1.54) is 4.68 Å². The molecule has 7 nitrogen and oxygen atoms in total. The van der Waals surface area contributed by atoms with Crippen molar-refractivity contribution in [3.8, 4) is 0 Å². The van der Waals surface area contributed by atoms with E-state index in [1.54, 1.807) is 25.2 Å². The number of nitrogens with one attached hydrogen (secondary N) is 1. The van der Waals surface area contributed by atoms with E-state index in [4.69, 9.17) is 5.73 Å². The van der Waals surface area contributed by atoms with Crippen LogP contribution in [0.3, 0.4) is 0 Å². The zero-order valence-corrected chi connectivity index (χ0v) is 11.2. The Hall–Kier alpha value is -2.05. The van der Waals surface area contributed by atoms with Crippen molar-refractivity contribution < 1.29 is 9.59 Å². The normalized spacial score (nSPS) is 19.3. The van der Waals surface area contributed by atoms with Crippen molar-refractivity contribution in [2.75, 3.05) is 19.3 Å². The summed E-state index contributed by atoms with van der Waals surface area (Å²) in [5.41, 5.74) is 6.33. The third kappa shape index (κ3) is 2.54. The van der Waals surface area contributed by atoms with Crippen LogP contribution in [0.25, 0.3) is 0 Å². The summed E-state index contributed by atoms with van der Waals surface area (Å²) in [4.78, 5) is 25.9. The highest BCUT2D eigenvalue weighted by Crippen LogP contribution is 2.21. The number of carbonyl (C=O) groups excluding carboxylic acids is 2. The molecule has 1 saturated heterocycles. The van der Waals surface area contributed by atoms with Crippen molar-refractivity contribution in [1.82, 2.24) is 20.0 Å². The number of likely N-dealkylation sites (N-methyl/N-ethyl adjacent to an activating group) is 1. The number of amides is 2. The average Bonchev–Trinajstić information content (AvgIpc) is 2.76. The number of hydrogen-bond acceptors (Lipinski definition) is 4. The second-order valence-corrected chi connectivity index (χ2v) is 4.73. The number of rotatable bonds is 2. The van der Waals surface area contributed by atoms with Gasteiger partial charge in [0.05, 0.1) is 5.69 Å². The zero-order valence-electron chi connectivity index (χ0n) is 11.2. The maximum atomic E-state index is 12.5. The van der Waals surface area contributed by atoms with E-state index in [9.17, 15) is 9.59 Å². The molecule has 1 aromatic rings. The lowest BCUT2D eigenvalue weighted by atomic mass is 10.0. The molecule has 2 heterocycles. The van der Waals surface area contributed by atoms with Crippen molar-refractivity contribution in [2.24, 2.45) is 7.05 Å². The minimum atomic E-state index is -0.423. The Morgan fingerprint density at radius 2 is 2.21 bits per heavy atom. The van der Waals surface area contributed by atoms with Gasteiger partial charge in [-0.2, -0.15) is 5.10 Å². The Bertz CT molecular complexity index is 496. The summed E-state index contributed by atoms with van der Waals surface area (Å²) in [6, 6.07) is -0.423. The molecule has 0 spiro atoms. The van der Waals surface area contributed by atoms with Gasteiger partial charge in [0, 0.05) is 26.8 Å². The molecule has 0 aromatic carbocycles. The van der Waals surface area contributed by atoms with Crippen LogP contribution in [0, 0.1) is 0 Å². The second-order valence-electron chi connectivity index (χ2n) is 4.73. The highest BCUT2D eigenvalue weighted by atomic mass is 16.2. The first-order valence-electron chi connectivity index (χ1n) is 6.36. The minimum Gasteiger partial charge on any atom is -0.396 e. The maximum Gasteiger partial charge on any atom is 0.277 e. The molecule has 104 valence electrons. The summed E-state index contributed by atoms with van der Waals surface area (Å²) in [6.45, 7) is 0.562. The van der Waals surface area contributed by atoms with Crippen LogP contribution in [0.4, 0.5) is 5.69 Å². The highest BCUT2D eigenvalue weighted by molar-refractivity contribution is 5.99. The number of anilines is 1. The van der Waals surface area contributed by atoms with E-state index in [-0.39, 0.29) is 17.5 Å². The van der Waals surface area contributed by atoms with Gasteiger partial charge in [0.2, 0.25) is 5.91 Å².